The van der Waals surface area contributed by atoms with Crippen molar-refractivity contribution in [3.05, 3.63) is 35.9 Å². The maximum absolute atomic E-state index is 12.8. The highest BCUT2D eigenvalue weighted by atomic mass is 16.5. The maximum Gasteiger partial charge on any atom is 0.289 e. The third-order valence-electron chi connectivity index (χ3n) is 4.66. The highest BCUT2D eigenvalue weighted by molar-refractivity contribution is 6.02. The molecule has 2 aromatic heterocycles. The van der Waals surface area contributed by atoms with Crippen molar-refractivity contribution in [3.8, 4) is 0 Å². The summed E-state index contributed by atoms with van der Waals surface area (Å²) in [5, 5.41) is 2.88. The minimum absolute atomic E-state index is 0.0640. The number of nitrogens with one attached hydrogen (secondary N) is 1. The summed E-state index contributed by atoms with van der Waals surface area (Å²) in [6, 6.07) is 5.46. The van der Waals surface area contributed by atoms with Gasteiger partial charge in [-0.05, 0) is 31.4 Å². The zero-order chi connectivity index (χ0) is 18.5. The minimum Gasteiger partial charge on any atom is -0.376 e. The Morgan fingerprint density at radius 1 is 1.42 bits per heavy atom. The molecule has 0 aliphatic carbocycles. The van der Waals surface area contributed by atoms with Gasteiger partial charge in [0.05, 0.1) is 11.6 Å². The van der Waals surface area contributed by atoms with Gasteiger partial charge in [-0.1, -0.05) is 19.4 Å². The topological polar surface area (TPSA) is 75.9 Å². The molecule has 1 atom stereocenters. The lowest BCUT2D eigenvalue weighted by Gasteiger charge is -2.15. The molecule has 1 N–H and O–H groups in total. The van der Waals surface area contributed by atoms with Gasteiger partial charge in [-0.25, -0.2) is 4.98 Å². The van der Waals surface area contributed by atoms with E-state index in [2.05, 4.69) is 17.2 Å². The van der Waals surface area contributed by atoms with Gasteiger partial charge in [-0.15, -0.1) is 0 Å². The third-order valence-corrected chi connectivity index (χ3v) is 4.66. The quantitative estimate of drug-likeness (QED) is 0.822. The summed E-state index contributed by atoms with van der Waals surface area (Å²) in [5.41, 5.74) is 0.903. The summed E-state index contributed by atoms with van der Waals surface area (Å²) < 4.78 is 7.22. The van der Waals surface area contributed by atoms with E-state index in [4.69, 9.17) is 4.74 Å². The van der Waals surface area contributed by atoms with Crippen molar-refractivity contribution in [2.75, 3.05) is 26.7 Å². The number of hydrogen-bond acceptors (Lipinski definition) is 4. The van der Waals surface area contributed by atoms with Gasteiger partial charge < -0.3 is 15.0 Å². The molecule has 3 rings (SSSR count). The van der Waals surface area contributed by atoms with E-state index >= 15 is 0 Å². The third kappa shape index (κ3) is 3.88. The number of amides is 2. The van der Waals surface area contributed by atoms with Crippen molar-refractivity contribution in [2.45, 2.75) is 38.7 Å². The largest absolute Gasteiger partial charge is 0.376 e. The number of carbonyl (C=O) groups is 2. The number of hydrogen-bond donors (Lipinski definition) is 1. The van der Waals surface area contributed by atoms with E-state index in [1.54, 1.807) is 28.6 Å². The Hall–Kier alpha value is -2.41. The summed E-state index contributed by atoms with van der Waals surface area (Å²) >= 11 is 0. The van der Waals surface area contributed by atoms with E-state index in [9.17, 15) is 9.59 Å². The first kappa shape index (κ1) is 18.4. The molecule has 1 aliphatic rings. The summed E-state index contributed by atoms with van der Waals surface area (Å²) in [6.45, 7) is 3.96. The van der Waals surface area contributed by atoms with Crippen molar-refractivity contribution in [1.29, 1.82) is 0 Å². The monoisotopic (exact) mass is 358 g/mol. The second kappa shape index (κ2) is 8.31. The first-order valence-electron chi connectivity index (χ1n) is 9.24. The Balaban J connectivity index is 1.82. The van der Waals surface area contributed by atoms with Crippen LogP contribution in [0.2, 0.25) is 0 Å². The number of carbonyl (C=O) groups excluding carboxylic acids is 2. The van der Waals surface area contributed by atoms with Crippen LogP contribution in [0.25, 0.3) is 5.52 Å². The van der Waals surface area contributed by atoms with E-state index in [1.807, 2.05) is 12.1 Å². The van der Waals surface area contributed by atoms with Crippen molar-refractivity contribution < 1.29 is 14.3 Å². The molecular weight excluding hydrogens is 332 g/mol. The van der Waals surface area contributed by atoms with Crippen LogP contribution in [0.5, 0.6) is 0 Å². The van der Waals surface area contributed by atoms with Crippen molar-refractivity contribution >= 4 is 17.3 Å². The lowest BCUT2D eigenvalue weighted by Crippen LogP contribution is -2.32. The van der Waals surface area contributed by atoms with Gasteiger partial charge >= 0.3 is 0 Å². The SMILES string of the molecule is CCCCN(C)C(=O)c1nc(C(=O)NCC2CCCO2)c2ccccn12. The Bertz CT molecular complexity index is 780. The van der Waals surface area contributed by atoms with Crippen LogP contribution in [0.15, 0.2) is 24.4 Å². The Labute approximate surface area is 153 Å². The van der Waals surface area contributed by atoms with Crippen LogP contribution in [-0.4, -0.2) is 58.9 Å². The predicted molar refractivity (Wildman–Crippen MR) is 98.4 cm³/mol. The standard InChI is InChI=1S/C19H26N4O3/c1-3-4-10-22(2)19(25)17-21-16(15-9-5-6-11-23(15)17)18(24)20-13-14-8-7-12-26-14/h5-6,9,11,14H,3-4,7-8,10,12-13H2,1-2H3,(H,20,24). The molecule has 7 nitrogen and oxygen atoms in total. The van der Waals surface area contributed by atoms with Gasteiger partial charge in [-0.3, -0.25) is 14.0 Å². The zero-order valence-corrected chi connectivity index (χ0v) is 15.4. The summed E-state index contributed by atoms with van der Waals surface area (Å²) in [4.78, 5) is 31.4. The van der Waals surface area contributed by atoms with Crippen LogP contribution in [0.4, 0.5) is 0 Å². The zero-order valence-electron chi connectivity index (χ0n) is 15.4. The molecule has 0 spiro atoms. The van der Waals surface area contributed by atoms with Crippen LogP contribution >= 0.6 is 0 Å². The maximum atomic E-state index is 12.8. The molecule has 3 heterocycles. The van der Waals surface area contributed by atoms with Gasteiger partial charge in [0.15, 0.2) is 5.69 Å². The number of rotatable bonds is 7. The summed E-state index contributed by atoms with van der Waals surface area (Å²) in [6.07, 6.45) is 5.75. The second-order valence-corrected chi connectivity index (χ2v) is 6.67. The minimum atomic E-state index is -0.278. The molecule has 0 radical (unpaired) electrons. The number of pyridine rings is 1. The molecule has 2 amide bonds. The van der Waals surface area contributed by atoms with Gasteiger partial charge in [0, 0.05) is 32.9 Å². The molecule has 2 aromatic rings. The first-order chi connectivity index (χ1) is 12.6. The second-order valence-electron chi connectivity index (χ2n) is 6.67. The fraction of sp³-hybridized carbons (Fsp3) is 0.526. The molecule has 0 bridgehead atoms. The van der Waals surface area contributed by atoms with Gasteiger partial charge in [0.2, 0.25) is 5.82 Å². The summed E-state index contributed by atoms with van der Waals surface area (Å²) in [7, 11) is 1.76. The lowest BCUT2D eigenvalue weighted by molar-refractivity contribution is 0.0780. The highest BCUT2D eigenvalue weighted by Crippen LogP contribution is 2.16. The Morgan fingerprint density at radius 2 is 2.27 bits per heavy atom. The average Bonchev–Trinajstić information content (AvgIpc) is 3.31. The van der Waals surface area contributed by atoms with Crippen LogP contribution in [0.3, 0.4) is 0 Å². The van der Waals surface area contributed by atoms with Crippen molar-refractivity contribution in [3.63, 3.8) is 0 Å². The van der Waals surface area contributed by atoms with Gasteiger partial charge in [0.1, 0.15) is 0 Å². The van der Waals surface area contributed by atoms with E-state index in [1.165, 1.54) is 0 Å². The van der Waals surface area contributed by atoms with E-state index in [0.717, 1.165) is 32.3 Å². The number of imidazole rings is 1. The summed E-state index contributed by atoms with van der Waals surface area (Å²) in [5.74, 6) is -0.196. The molecule has 140 valence electrons. The molecule has 0 saturated carbocycles. The molecule has 7 heteroatoms. The number of fused-ring (bicyclic) bond motifs is 1. The molecular formula is C19H26N4O3. The normalized spacial score (nSPS) is 16.8. The van der Waals surface area contributed by atoms with E-state index in [0.29, 0.717) is 18.6 Å². The number of ether oxygens (including phenoxy) is 1. The molecule has 1 aliphatic heterocycles. The molecule has 0 aromatic carbocycles. The lowest BCUT2D eigenvalue weighted by atomic mass is 10.2. The molecule has 1 saturated heterocycles. The number of unbranched alkanes of at least 4 members (excludes halogenated alkanes) is 1. The number of nitrogens with zero attached hydrogens (tertiary/aromatic N) is 3. The van der Waals surface area contributed by atoms with Crippen LogP contribution in [0.1, 0.15) is 53.7 Å². The fourth-order valence-electron chi connectivity index (χ4n) is 3.12. The smallest absolute Gasteiger partial charge is 0.289 e. The van der Waals surface area contributed by atoms with Crippen molar-refractivity contribution in [1.82, 2.24) is 19.6 Å². The fourth-order valence-corrected chi connectivity index (χ4v) is 3.12. The Kier molecular flexibility index (Phi) is 5.88. The van der Waals surface area contributed by atoms with E-state index < -0.39 is 0 Å². The number of aromatic nitrogens is 2. The molecule has 1 fully saturated rings. The van der Waals surface area contributed by atoms with Gasteiger partial charge in [-0.2, -0.15) is 0 Å². The van der Waals surface area contributed by atoms with Crippen LogP contribution in [0, 0.1) is 0 Å². The van der Waals surface area contributed by atoms with Crippen molar-refractivity contribution in [2.24, 2.45) is 0 Å². The van der Waals surface area contributed by atoms with Crippen LogP contribution in [-0.2, 0) is 4.74 Å². The highest BCUT2D eigenvalue weighted by Gasteiger charge is 2.24. The average molecular weight is 358 g/mol. The Morgan fingerprint density at radius 3 is 3.00 bits per heavy atom. The van der Waals surface area contributed by atoms with Gasteiger partial charge in [0.25, 0.3) is 11.8 Å². The van der Waals surface area contributed by atoms with E-state index in [-0.39, 0.29) is 29.4 Å². The van der Waals surface area contributed by atoms with Crippen LogP contribution < -0.4 is 5.32 Å². The first-order valence-corrected chi connectivity index (χ1v) is 9.24. The predicted octanol–water partition coefficient (Wildman–Crippen LogP) is 2.12. The molecule has 26 heavy (non-hydrogen) atoms. The molecule has 1 unspecified atom stereocenters.